The predicted molar refractivity (Wildman–Crippen MR) is 92.5 cm³/mol. The molecule has 2 heterocycles. The third kappa shape index (κ3) is 4.00. The van der Waals surface area contributed by atoms with Crippen LogP contribution in [-0.2, 0) is 17.9 Å². The van der Waals surface area contributed by atoms with E-state index in [2.05, 4.69) is 5.16 Å². The fourth-order valence-electron chi connectivity index (χ4n) is 3.57. The van der Waals surface area contributed by atoms with Gasteiger partial charge in [-0.05, 0) is 25.5 Å². The van der Waals surface area contributed by atoms with Gasteiger partial charge in [0, 0.05) is 26.2 Å². The average molecular weight is 381 g/mol. The average Bonchev–Trinajstić information content (AvgIpc) is 3.22. The standard InChI is InChI=1S/C19H22F3N3O2/c1-14-10-16(23-27-14)12-24(2)17(26)18(19(20,21)22)8-9-25(13-18)11-15-6-4-3-5-7-15/h3-7,10H,8-9,11-13H2,1-2H3. The number of carbonyl (C=O) groups excluding carboxylic acids is 1. The molecule has 2 aromatic rings. The van der Waals surface area contributed by atoms with Crippen LogP contribution in [0.2, 0.25) is 0 Å². The van der Waals surface area contributed by atoms with Crippen molar-refractivity contribution in [2.45, 2.75) is 32.6 Å². The van der Waals surface area contributed by atoms with Crippen LogP contribution in [0.1, 0.15) is 23.4 Å². The summed E-state index contributed by atoms with van der Waals surface area (Å²) in [5.41, 5.74) is -1.04. The number of halogens is 3. The maximum Gasteiger partial charge on any atom is 0.404 e. The Balaban J connectivity index is 1.76. The summed E-state index contributed by atoms with van der Waals surface area (Å²) in [6.45, 7) is 1.93. The van der Waals surface area contributed by atoms with Crippen molar-refractivity contribution in [1.29, 1.82) is 0 Å². The molecule has 0 bridgehead atoms. The molecule has 1 fully saturated rings. The Morgan fingerprint density at radius 3 is 2.63 bits per heavy atom. The summed E-state index contributed by atoms with van der Waals surface area (Å²) in [6, 6.07) is 10.9. The van der Waals surface area contributed by atoms with Crippen molar-refractivity contribution in [3.05, 3.63) is 53.4 Å². The molecule has 1 saturated heterocycles. The molecule has 0 radical (unpaired) electrons. The summed E-state index contributed by atoms with van der Waals surface area (Å²) in [4.78, 5) is 15.6. The van der Waals surface area contributed by atoms with Gasteiger partial charge >= 0.3 is 6.18 Å². The van der Waals surface area contributed by atoms with Gasteiger partial charge in [0.05, 0.1) is 6.54 Å². The van der Waals surface area contributed by atoms with E-state index in [-0.39, 0.29) is 26.1 Å². The normalized spacial score (nSPS) is 20.8. The van der Waals surface area contributed by atoms with Crippen LogP contribution in [-0.4, -0.2) is 47.2 Å². The predicted octanol–water partition coefficient (Wildman–Crippen LogP) is 3.40. The SMILES string of the molecule is Cc1cc(CN(C)C(=O)C2(C(F)(F)F)CCN(Cc3ccccc3)C2)no1. The summed E-state index contributed by atoms with van der Waals surface area (Å²) >= 11 is 0. The first-order valence-corrected chi connectivity index (χ1v) is 8.72. The van der Waals surface area contributed by atoms with Crippen LogP contribution >= 0.6 is 0 Å². The van der Waals surface area contributed by atoms with E-state index in [1.807, 2.05) is 30.3 Å². The van der Waals surface area contributed by atoms with Crippen LogP contribution in [0.15, 0.2) is 40.9 Å². The molecule has 27 heavy (non-hydrogen) atoms. The summed E-state index contributed by atoms with van der Waals surface area (Å²) in [6.07, 6.45) is -4.87. The number of aromatic nitrogens is 1. The number of likely N-dealkylation sites (tertiary alicyclic amines) is 1. The van der Waals surface area contributed by atoms with Gasteiger partial charge in [0.2, 0.25) is 5.91 Å². The van der Waals surface area contributed by atoms with Gasteiger partial charge in [-0.15, -0.1) is 0 Å². The van der Waals surface area contributed by atoms with Gasteiger partial charge in [-0.1, -0.05) is 35.5 Å². The van der Waals surface area contributed by atoms with E-state index in [4.69, 9.17) is 4.52 Å². The molecule has 0 saturated carbocycles. The highest BCUT2D eigenvalue weighted by atomic mass is 19.4. The van der Waals surface area contributed by atoms with Crippen molar-refractivity contribution in [1.82, 2.24) is 15.0 Å². The first-order chi connectivity index (χ1) is 12.7. The highest BCUT2D eigenvalue weighted by Crippen LogP contribution is 2.47. The molecule has 146 valence electrons. The fraction of sp³-hybridized carbons (Fsp3) is 0.474. The Morgan fingerprint density at radius 1 is 1.33 bits per heavy atom. The Bertz CT molecular complexity index is 791. The molecule has 1 aliphatic rings. The number of amides is 1. The van der Waals surface area contributed by atoms with Crippen LogP contribution in [0.4, 0.5) is 13.2 Å². The van der Waals surface area contributed by atoms with Gasteiger partial charge in [0.1, 0.15) is 11.5 Å². The minimum absolute atomic E-state index is 0.0211. The summed E-state index contributed by atoms with van der Waals surface area (Å²) in [5, 5.41) is 3.76. The van der Waals surface area contributed by atoms with E-state index in [1.165, 1.54) is 7.05 Å². The lowest BCUT2D eigenvalue weighted by Gasteiger charge is -2.34. The summed E-state index contributed by atoms with van der Waals surface area (Å²) in [5.74, 6) is -0.377. The molecule has 1 aromatic heterocycles. The Morgan fingerprint density at radius 2 is 2.04 bits per heavy atom. The molecule has 1 aliphatic heterocycles. The van der Waals surface area contributed by atoms with Gasteiger partial charge in [-0.2, -0.15) is 13.2 Å². The second-order valence-electron chi connectivity index (χ2n) is 7.12. The monoisotopic (exact) mass is 381 g/mol. The number of hydrogen-bond donors (Lipinski definition) is 0. The van der Waals surface area contributed by atoms with Gasteiger partial charge < -0.3 is 9.42 Å². The second kappa shape index (κ2) is 7.34. The first kappa shape index (κ1) is 19.4. The van der Waals surface area contributed by atoms with Crippen molar-refractivity contribution < 1.29 is 22.5 Å². The van der Waals surface area contributed by atoms with Crippen LogP contribution in [0.3, 0.4) is 0 Å². The lowest BCUT2D eigenvalue weighted by atomic mass is 9.84. The minimum atomic E-state index is -4.62. The number of nitrogens with zero attached hydrogens (tertiary/aromatic N) is 3. The van der Waals surface area contributed by atoms with E-state index in [0.29, 0.717) is 18.0 Å². The molecule has 1 amide bonds. The summed E-state index contributed by atoms with van der Waals surface area (Å²) in [7, 11) is 1.37. The highest BCUT2D eigenvalue weighted by Gasteiger charge is 2.63. The topological polar surface area (TPSA) is 49.6 Å². The molecule has 1 unspecified atom stereocenters. The van der Waals surface area contributed by atoms with Crippen molar-refractivity contribution in [2.75, 3.05) is 20.1 Å². The van der Waals surface area contributed by atoms with E-state index < -0.39 is 17.5 Å². The van der Waals surface area contributed by atoms with Crippen molar-refractivity contribution in [3.63, 3.8) is 0 Å². The van der Waals surface area contributed by atoms with Crippen molar-refractivity contribution in [2.24, 2.45) is 5.41 Å². The zero-order valence-electron chi connectivity index (χ0n) is 15.3. The number of benzene rings is 1. The van der Waals surface area contributed by atoms with E-state index >= 15 is 0 Å². The van der Waals surface area contributed by atoms with Crippen LogP contribution < -0.4 is 0 Å². The van der Waals surface area contributed by atoms with Crippen LogP contribution in [0, 0.1) is 12.3 Å². The second-order valence-corrected chi connectivity index (χ2v) is 7.12. The molecule has 5 nitrogen and oxygen atoms in total. The molecule has 3 rings (SSSR count). The van der Waals surface area contributed by atoms with Gasteiger partial charge in [0.25, 0.3) is 0 Å². The molecule has 0 N–H and O–H groups in total. The van der Waals surface area contributed by atoms with Crippen molar-refractivity contribution >= 4 is 5.91 Å². The minimum Gasteiger partial charge on any atom is -0.361 e. The van der Waals surface area contributed by atoms with Crippen molar-refractivity contribution in [3.8, 4) is 0 Å². The van der Waals surface area contributed by atoms with Gasteiger partial charge in [0.15, 0.2) is 5.41 Å². The molecule has 0 spiro atoms. The third-order valence-electron chi connectivity index (χ3n) is 4.97. The first-order valence-electron chi connectivity index (χ1n) is 8.72. The summed E-state index contributed by atoms with van der Waals surface area (Å²) < 4.78 is 46.8. The maximum atomic E-state index is 14.0. The Kier molecular flexibility index (Phi) is 5.28. The largest absolute Gasteiger partial charge is 0.404 e. The number of alkyl halides is 3. The number of hydrogen-bond acceptors (Lipinski definition) is 4. The third-order valence-corrected chi connectivity index (χ3v) is 4.97. The molecule has 0 aliphatic carbocycles. The number of carbonyl (C=O) groups is 1. The quantitative estimate of drug-likeness (QED) is 0.797. The maximum absolute atomic E-state index is 14.0. The zero-order chi connectivity index (χ0) is 19.7. The molecule has 8 heteroatoms. The smallest absolute Gasteiger partial charge is 0.361 e. The van der Waals surface area contributed by atoms with Gasteiger partial charge in [-0.3, -0.25) is 9.69 Å². The fourth-order valence-corrected chi connectivity index (χ4v) is 3.57. The lowest BCUT2D eigenvalue weighted by Crippen LogP contribution is -2.52. The lowest BCUT2D eigenvalue weighted by molar-refractivity contribution is -0.223. The van der Waals surface area contributed by atoms with E-state index in [9.17, 15) is 18.0 Å². The molecular formula is C19H22F3N3O2. The molecular weight excluding hydrogens is 359 g/mol. The molecule has 1 aromatic carbocycles. The Hall–Kier alpha value is -2.35. The highest BCUT2D eigenvalue weighted by molar-refractivity contribution is 5.84. The molecule has 1 atom stereocenters. The van der Waals surface area contributed by atoms with Crippen LogP contribution in [0.5, 0.6) is 0 Å². The van der Waals surface area contributed by atoms with Gasteiger partial charge in [-0.25, -0.2) is 0 Å². The van der Waals surface area contributed by atoms with E-state index in [0.717, 1.165) is 10.5 Å². The number of rotatable bonds is 5. The Labute approximate surface area is 155 Å². The van der Waals surface area contributed by atoms with E-state index in [1.54, 1.807) is 17.9 Å². The van der Waals surface area contributed by atoms with Crippen LogP contribution in [0.25, 0.3) is 0 Å². The zero-order valence-corrected chi connectivity index (χ0v) is 15.3. The number of aryl methyl sites for hydroxylation is 1.